The van der Waals surface area contributed by atoms with Gasteiger partial charge in [0.25, 0.3) is 5.91 Å². The Bertz CT molecular complexity index is 601. The van der Waals surface area contributed by atoms with E-state index in [-0.39, 0.29) is 5.91 Å². The minimum atomic E-state index is -0.217. The Labute approximate surface area is 118 Å². The van der Waals surface area contributed by atoms with Gasteiger partial charge in [-0.2, -0.15) is 0 Å². The predicted octanol–water partition coefficient (Wildman–Crippen LogP) is 4.06. The smallest absolute Gasteiger partial charge is 0.255 e. The number of hydrogen-bond acceptors (Lipinski definition) is 2. The first-order valence-corrected chi connectivity index (χ1v) is 6.42. The summed E-state index contributed by atoms with van der Waals surface area (Å²) < 4.78 is 0.616. The van der Waals surface area contributed by atoms with E-state index in [1.807, 2.05) is 19.1 Å². The molecule has 0 spiro atoms. The summed E-state index contributed by atoms with van der Waals surface area (Å²) in [6.45, 7) is 1.94. The third kappa shape index (κ3) is 3.09. The Morgan fingerprint density at radius 1 is 1.33 bits per heavy atom. The van der Waals surface area contributed by atoms with E-state index in [9.17, 15) is 4.79 Å². The molecule has 2 aromatic rings. The molecule has 1 aromatic heterocycles. The molecule has 92 valence electrons. The molecule has 0 aliphatic heterocycles. The highest BCUT2D eigenvalue weighted by Gasteiger charge is 2.09. The summed E-state index contributed by atoms with van der Waals surface area (Å²) in [5.74, 6) is -0.217. The second kappa shape index (κ2) is 5.50. The number of nitrogens with one attached hydrogen (secondary N) is 1. The maximum atomic E-state index is 12.0. The van der Waals surface area contributed by atoms with Crippen LogP contribution < -0.4 is 5.32 Å². The van der Waals surface area contributed by atoms with Crippen LogP contribution in [-0.2, 0) is 0 Å². The van der Waals surface area contributed by atoms with E-state index in [1.54, 1.807) is 24.4 Å². The minimum Gasteiger partial charge on any atom is -0.321 e. The van der Waals surface area contributed by atoms with Crippen molar-refractivity contribution in [3.8, 4) is 0 Å². The van der Waals surface area contributed by atoms with Gasteiger partial charge < -0.3 is 5.32 Å². The number of aromatic nitrogens is 1. The largest absolute Gasteiger partial charge is 0.321 e. The number of rotatable bonds is 2. The molecule has 0 atom stereocenters. The van der Waals surface area contributed by atoms with Crippen LogP contribution in [0.15, 0.2) is 41.1 Å². The van der Waals surface area contributed by atoms with Gasteiger partial charge in [-0.05, 0) is 52.7 Å². The SMILES string of the molecule is Cc1ccc(Cl)c(NC(=O)c2ccnc(Br)c2)c1. The number of aryl methyl sites for hydroxylation is 1. The number of nitrogens with zero attached hydrogens (tertiary/aromatic N) is 1. The third-order valence-corrected chi connectivity index (χ3v) is 3.12. The molecule has 1 amide bonds. The lowest BCUT2D eigenvalue weighted by atomic mass is 10.2. The molecule has 0 aliphatic carbocycles. The predicted molar refractivity (Wildman–Crippen MR) is 76.1 cm³/mol. The summed E-state index contributed by atoms with van der Waals surface area (Å²) in [4.78, 5) is 16.0. The number of halogens is 2. The van der Waals surface area contributed by atoms with Crippen LogP contribution in [0.3, 0.4) is 0 Å². The molecule has 1 N–H and O–H groups in total. The van der Waals surface area contributed by atoms with Crippen molar-refractivity contribution in [2.45, 2.75) is 6.92 Å². The first kappa shape index (κ1) is 13.1. The van der Waals surface area contributed by atoms with E-state index in [0.717, 1.165) is 5.56 Å². The summed E-state index contributed by atoms with van der Waals surface area (Å²) in [5.41, 5.74) is 2.16. The van der Waals surface area contributed by atoms with Crippen LogP contribution in [0, 0.1) is 6.92 Å². The van der Waals surface area contributed by atoms with Crippen molar-refractivity contribution in [1.82, 2.24) is 4.98 Å². The van der Waals surface area contributed by atoms with Crippen LogP contribution in [0.25, 0.3) is 0 Å². The lowest BCUT2D eigenvalue weighted by Crippen LogP contribution is -2.12. The number of carbonyl (C=O) groups is 1. The van der Waals surface area contributed by atoms with E-state index in [4.69, 9.17) is 11.6 Å². The zero-order valence-corrected chi connectivity index (χ0v) is 11.9. The molecule has 0 radical (unpaired) electrons. The quantitative estimate of drug-likeness (QED) is 0.846. The van der Waals surface area contributed by atoms with Gasteiger partial charge in [0.05, 0.1) is 10.7 Å². The second-order valence-corrected chi connectivity index (χ2v) is 5.02. The first-order chi connectivity index (χ1) is 8.56. The Hall–Kier alpha value is -1.39. The van der Waals surface area contributed by atoms with Gasteiger partial charge in [-0.25, -0.2) is 4.98 Å². The van der Waals surface area contributed by atoms with Crippen molar-refractivity contribution in [2.24, 2.45) is 0 Å². The van der Waals surface area contributed by atoms with Crippen molar-refractivity contribution >= 4 is 39.1 Å². The molecule has 1 aromatic carbocycles. The number of carbonyl (C=O) groups excluding carboxylic acids is 1. The normalized spacial score (nSPS) is 10.2. The summed E-state index contributed by atoms with van der Waals surface area (Å²) in [7, 11) is 0. The maximum absolute atomic E-state index is 12.0. The molecular weight excluding hydrogens is 316 g/mol. The molecule has 0 aliphatic rings. The lowest BCUT2D eigenvalue weighted by molar-refractivity contribution is 0.102. The fraction of sp³-hybridized carbons (Fsp3) is 0.0769. The zero-order chi connectivity index (χ0) is 13.1. The molecule has 0 fully saturated rings. The van der Waals surface area contributed by atoms with Crippen molar-refractivity contribution in [2.75, 3.05) is 5.32 Å². The molecule has 0 saturated carbocycles. The summed E-state index contributed by atoms with van der Waals surface area (Å²) in [6.07, 6.45) is 1.57. The molecule has 5 heteroatoms. The van der Waals surface area contributed by atoms with Crippen LogP contribution in [0.5, 0.6) is 0 Å². The van der Waals surface area contributed by atoms with Gasteiger partial charge in [-0.1, -0.05) is 17.7 Å². The van der Waals surface area contributed by atoms with Gasteiger partial charge in [0.2, 0.25) is 0 Å². The number of anilines is 1. The fourth-order valence-electron chi connectivity index (χ4n) is 1.47. The number of pyridine rings is 1. The Morgan fingerprint density at radius 3 is 2.83 bits per heavy atom. The molecule has 18 heavy (non-hydrogen) atoms. The van der Waals surface area contributed by atoms with Crippen molar-refractivity contribution < 1.29 is 4.79 Å². The van der Waals surface area contributed by atoms with Crippen molar-refractivity contribution in [3.63, 3.8) is 0 Å². The molecule has 2 rings (SSSR count). The highest BCUT2D eigenvalue weighted by Crippen LogP contribution is 2.23. The van der Waals surface area contributed by atoms with Gasteiger partial charge in [-0.15, -0.1) is 0 Å². The minimum absolute atomic E-state index is 0.217. The molecule has 0 saturated heterocycles. The number of amides is 1. The average Bonchev–Trinajstić information content (AvgIpc) is 2.34. The highest BCUT2D eigenvalue weighted by atomic mass is 79.9. The standard InChI is InChI=1S/C13H10BrClN2O/c1-8-2-3-10(15)11(6-8)17-13(18)9-4-5-16-12(14)7-9/h2-7H,1H3,(H,17,18). The number of benzene rings is 1. The van der Waals surface area contributed by atoms with Crippen molar-refractivity contribution in [1.29, 1.82) is 0 Å². The van der Waals surface area contributed by atoms with Crippen LogP contribution >= 0.6 is 27.5 Å². The number of hydrogen-bond donors (Lipinski definition) is 1. The van der Waals surface area contributed by atoms with Gasteiger partial charge in [0.1, 0.15) is 4.60 Å². The summed E-state index contributed by atoms with van der Waals surface area (Å²) in [5, 5.41) is 3.29. The van der Waals surface area contributed by atoms with Gasteiger partial charge in [0.15, 0.2) is 0 Å². The van der Waals surface area contributed by atoms with E-state index in [2.05, 4.69) is 26.2 Å². The van der Waals surface area contributed by atoms with Crippen LogP contribution in [0.2, 0.25) is 5.02 Å². The van der Waals surface area contributed by atoms with Crippen LogP contribution in [0.4, 0.5) is 5.69 Å². The Balaban J connectivity index is 2.24. The molecule has 3 nitrogen and oxygen atoms in total. The van der Waals surface area contributed by atoms with Gasteiger partial charge >= 0.3 is 0 Å². The molecule has 1 heterocycles. The monoisotopic (exact) mass is 324 g/mol. The van der Waals surface area contributed by atoms with E-state index < -0.39 is 0 Å². The lowest BCUT2D eigenvalue weighted by Gasteiger charge is -2.08. The van der Waals surface area contributed by atoms with E-state index in [0.29, 0.717) is 20.9 Å². The van der Waals surface area contributed by atoms with Crippen LogP contribution in [-0.4, -0.2) is 10.9 Å². The summed E-state index contributed by atoms with van der Waals surface area (Å²) >= 11 is 9.25. The topological polar surface area (TPSA) is 42.0 Å². The Kier molecular flexibility index (Phi) is 3.99. The van der Waals surface area contributed by atoms with Crippen molar-refractivity contribution in [3.05, 3.63) is 57.3 Å². The summed E-state index contributed by atoms with van der Waals surface area (Å²) in [6, 6.07) is 8.77. The zero-order valence-electron chi connectivity index (χ0n) is 9.58. The Morgan fingerprint density at radius 2 is 2.11 bits per heavy atom. The van der Waals surface area contributed by atoms with E-state index >= 15 is 0 Å². The molecular formula is C13H10BrClN2O. The maximum Gasteiger partial charge on any atom is 0.255 e. The molecule has 0 bridgehead atoms. The first-order valence-electron chi connectivity index (χ1n) is 5.25. The van der Waals surface area contributed by atoms with E-state index in [1.165, 1.54) is 0 Å². The van der Waals surface area contributed by atoms with Gasteiger partial charge in [0, 0.05) is 11.8 Å². The van der Waals surface area contributed by atoms with Gasteiger partial charge in [-0.3, -0.25) is 4.79 Å². The average molecular weight is 326 g/mol. The second-order valence-electron chi connectivity index (χ2n) is 3.80. The molecule has 0 unspecified atom stereocenters. The fourth-order valence-corrected chi connectivity index (χ4v) is 2.00. The third-order valence-electron chi connectivity index (χ3n) is 2.36. The van der Waals surface area contributed by atoms with Crippen LogP contribution in [0.1, 0.15) is 15.9 Å². The highest BCUT2D eigenvalue weighted by molar-refractivity contribution is 9.10.